The predicted octanol–water partition coefficient (Wildman–Crippen LogP) is 7.35. The van der Waals surface area contributed by atoms with Crippen LogP contribution < -0.4 is 0 Å². The van der Waals surface area contributed by atoms with Gasteiger partial charge in [0.25, 0.3) is 0 Å². The summed E-state index contributed by atoms with van der Waals surface area (Å²) in [5, 5.41) is 0. The van der Waals surface area contributed by atoms with Gasteiger partial charge in [-0.15, -0.1) is 48.0 Å². The van der Waals surface area contributed by atoms with Crippen LogP contribution in [0.3, 0.4) is 0 Å². The number of halogens is 2. The fourth-order valence-corrected chi connectivity index (χ4v) is 3.33. The van der Waals surface area contributed by atoms with Gasteiger partial charge in [0.1, 0.15) is 0 Å². The Kier molecular flexibility index (Phi) is 8.92. The second kappa shape index (κ2) is 12.1. The van der Waals surface area contributed by atoms with Gasteiger partial charge in [-0.05, 0) is 35.5 Å². The van der Waals surface area contributed by atoms with Crippen LogP contribution in [-0.4, -0.2) is 9.97 Å². The maximum Gasteiger partial charge on any atom is 0.0408 e. The first-order valence-electron chi connectivity index (χ1n) is 10.4. The van der Waals surface area contributed by atoms with Gasteiger partial charge < -0.3 is 9.97 Å². The van der Waals surface area contributed by atoms with Crippen LogP contribution in [0.2, 0.25) is 0 Å². The molecule has 0 amide bonds. The van der Waals surface area contributed by atoms with Crippen LogP contribution in [-0.2, 0) is 20.1 Å². The third-order valence-corrected chi connectivity index (χ3v) is 4.96. The van der Waals surface area contributed by atoms with E-state index in [2.05, 4.69) is 22.1 Å². The minimum atomic E-state index is -0.658. The summed E-state index contributed by atoms with van der Waals surface area (Å²) in [5.41, 5.74) is 5.66. The van der Waals surface area contributed by atoms with Gasteiger partial charge in [-0.2, -0.15) is 0 Å². The molecule has 2 nitrogen and oxygen atoms in total. The molecule has 1 radical (unpaired) electrons. The van der Waals surface area contributed by atoms with Gasteiger partial charge in [0, 0.05) is 49.7 Å². The first-order valence-corrected chi connectivity index (χ1v) is 10.4. The van der Waals surface area contributed by atoms with Crippen LogP contribution in [0.1, 0.15) is 5.56 Å². The van der Waals surface area contributed by atoms with E-state index in [4.69, 9.17) is 0 Å². The Hall–Kier alpha value is -3.53. The molecule has 171 valence electrons. The van der Waals surface area contributed by atoms with Gasteiger partial charge in [-0.3, -0.25) is 8.78 Å². The van der Waals surface area contributed by atoms with Crippen molar-refractivity contribution in [2.45, 2.75) is 6.92 Å². The van der Waals surface area contributed by atoms with Crippen molar-refractivity contribution in [1.29, 1.82) is 0 Å². The van der Waals surface area contributed by atoms with E-state index in [1.54, 1.807) is 18.5 Å². The molecule has 5 aromatic rings. The molecule has 2 heterocycles. The fraction of sp³-hybridized carbons (Fsp3) is 0.0345. The maximum atomic E-state index is 13.8. The molecule has 0 fully saturated rings. The third-order valence-electron chi connectivity index (χ3n) is 4.96. The van der Waals surface area contributed by atoms with Crippen LogP contribution in [0.25, 0.3) is 33.6 Å². The molecule has 5 heteroatoms. The van der Waals surface area contributed by atoms with Crippen molar-refractivity contribution in [2.75, 3.05) is 0 Å². The van der Waals surface area contributed by atoms with Crippen LogP contribution in [0, 0.1) is 30.7 Å². The maximum absolute atomic E-state index is 13.8. The van der Waals surface area contributed by atoms with Crippen molar-refractivity contribution >= 4 is 0 Å². The number of hydrogen-bond donors (Lipinski definition) is 0. The number of pyridine rings is 2. The number of aromatic nitrogens is 2. The Balaban J connectivity index is 0.000000212. The zero-order valence-corrected chi connectivity index (χ0v) is 20.7. The van der Waals surface area contributed by atoms with Crippen molar-refractivity contribution in [3.05, 3.63) is 133 Å². The molecule has 0 bridgehead atoms. The Morgan fingerprint density at radius 1 is 0.765 bits per heavy atom. The average Bonchev–Trinajstić information content (AvgIpc) is 2.86. The van der Waals surface area contributed by atoms with Crippen LogP contribution in [0.5, 0.6) is 0 Å². The second-order valence-electron chi connectivity index (χ2n) is 7.28. The molecule has 0 aliphatic rings. The van der Waals surface area contributed by atoms with E-state index in [0.29, 0.717) is 5.69 Å². The molecule has 0 saturated carbocycles. The van der Waals surface area contributed by atoms with E-state index in [9.17, 15) is 8.78 Å². The zero-order chi connectivity index (χ0) is 23.0. The molecule has 0 N–H and O–H groups in total. The fourth-order valence-electron chi connectivity index (χ4n) is 3.33. The molecule has 0 atom stereocenters. The van der Waals surface area contributed by atoms with E-state index in [-0.39, 0.29) is 25.7 Å². The van der Waals surface area contributed by atoms with Crippen molar-refractivity contribution in [2.24, 2.45) is 0 Å². The number of benzene rings is 3. The monoisotopic (exact) mass is 627 g/mol. The van der Waals surface area contributed by atoms with Crippen molar-refractivity contribution in [1.82, 2.24) is 9.97 Å². The normalized spacial score (nSPS) is 9.97. The minimum Gasteiger partial charge on any atom is -0.305 e. The Morgan fingerprint density at radius 2 is 1.53 bits per heavy atom. The molecule has 0 aliphatic carbocycles. The second-order valence-corrected chi connectivity index (χ2v) is 7.28. The van der Waals surface area contributed by atoms with Crippen LogP contribution in [0.4, 0.5) is 8.78 Å². The molecule has 0 unspecified atom stereocenters. The van der Waals surface area contributed by atoms with E-state index in [0.717, 1.165) is 40.1 Å². The summed E-state index contributed by atoms with van der Waals surface area (Å²) >= 11 is 0. The van der Waals surface area contributed by atoms with E-state index in [1.807, 2.05) is 79.7 Å². The summed E-state index contributed by atoms with van der Waals surface area (Å²) in [5.74, 6) is -1.30. The topological polar surface area (TPSA) is 25.8 Å². The standard InChI is InChI=1S/C18H12F2N.C11H8N.Ir/c1-12-9-18(15-8-7-14(19)10-17(15)20)21-11-16(12)13-5-3-2-4-6-13;1-2-6-10(7-3-1)11-8-4-5-9-12-11;/h2-7,9-11H,1H3;1-6,8-9H;/q2*-1;. The summed E-state index contributed by atoms with van der Waals surface area (Å²) in [6, 6.07) is 33.0. The number of rotatable bonds is 3. The molecule has 2 aromatic heterocycles. The minimum absolute atomic E-state index is 0. The Morgan fingerprint density at radius 3 is 2.18 bits per heavy atom. The molecule has 0 saturated heterocycles. The van der Waals surface area contributed by atoms with Crippen LogP contribution in [0.15, 0.2) is 103 Å². The van der Waals surface area contributed by atoms with E-state index >= 15 is 0 Å². The molecular formula is C29H20F2IrN2-2. The largest absolute Gasteiger partial charge is 0.305 e. The van der Waals surface area contributed by atoms with Gasteiger partial charge in [0.15, 0.2) is 0 Å². The average molecular weight is 627 g/mol. The number of nitrogens with zero attached hydrogens (tertiary/aromatic N) is 2. The smallest absolute Gasteiger partial charge is 0.0408 e. The van der Waals surface area contributed by atoms with Crippen molar-refractivity contribution in [3.8, 4) is 33.6 Å². The summed E-state index contributed by atoms with van der Waals surface area (Å²) in [6.07, 6.45) is 3.49. The molecule has 0 aliphatic heterocycles. The Bertz CT molecular complexity index is 1290. The van der Waals surface area contributed by atoms with Crippen molar-refractivity contribution < 1.29 is 28.9 Å². The van der Waals surface area contributed by atoms with Gasteiger partial charge >= 0.3 is 0 Å². The van der Waals surface area contributed by atoms with Gasteiger partial charge in [-0.25, -0.2) is 0 Å². The van der Waals surface area contributed by atoms with Crippen molar-refractivity contribution in [3.63, 3.8) is 0 Å². The molecule has 34 heavy (non-hydrogen) atoms. The first-order chi connectivity index (χ1) is 16.1. The Labute approximate surface area is 211 Å². The molecule has 0 spiro atoms. The van der Waals surface area contributed by atoms with Crippen LogP contribution >= 0.6 is 0 Å². The number of aryl methyl sites for hydroxylation is 1. The van der Waals surface area contributed by atoms with E-state index < -0.39 is 11.6 Å². The van der Waals surface area contributed by atoms with E-state index in [1.165, 1.54) is 0 Å². The first kappa shape index (κ1) is 25.1. The van der Waals surface area contributed by atoms with Gasteiger partial charge in [0.2, 0.25) is 0 Å². The van der Waals surface area contributed by atoms with Gasteiger partial charge in [0.05, 0.1) is 0 Å². The zero-order valence-electron chi connectivity index (χ0n) is 18.3. The SMILES string of the molecule is Cc1cc(-c2[c-]cc(F)cc2F)ncc1-c1ccccc1.[Ir].[c-]1ccccc1-c1ccccn1. The van der Waals surface area contributed by atoms with Gasteiger partial charge in [-0.1, -0.05) is 60.2 Å². The number of hydrogen-bond acceptors (Lipinski definition) is 2. The summed E-state index contributed by atoms with van der Waals surface area (Å²) < 4.78 is 26.7. The third kappa shape index (κ3) is 6.28. The molecule has 3 aromatic carbocycles. The summed E-state index contributed by atoms with van der Waals surface area (Å²) in [6.45, 7) is 1.94. The summed E-state index contributed by atoms with van der Waals surface area (Å²) in [4.78, 5) is 8.50. The molecule has 5 rings (SSSR count). The quantitative estimate of drug-likeness (QED) is 0.196. The predicted molar refractivity (Wildman–Crippen MR) is 127 cm³/mol. The summed E-state index contributed by atoms with van der Waals surface area (Å²) in [7, 11) is 0. The molecular weight excluding hydrogens is 607 g/mol.